The first-order valence-electron chi connectivity index (χ1n) is 6.32. The predicted octanol–water partition coefficient (Wildman–Crippen LogP) is 1.22. The molecule has 0 bridgehead atoms. The molecule has 1 atom stereocenters. The Bertz CT molecular complexity index is 160. The van der Waals surface area contributed by atoms with Crippen molar-refractivity contribution in [1.29, 1.82) is 0 Å². The Labute approximate surface area is 93.9 Å². The summed E-state index contributed by atoms with van der Waals surface area (Å²) in [6.07, 6.45) is 6.32. The number of aliphatic hydroxyl groups is 1. The maximum atomic E-state index is 9.19. The highest BCUT2D eigenvalue weighted by atomic mass is 16.3. The monoisotopic (exact) mass is 214 g/mol. The topological polar surface area (TPSA) is 35.5 Å². The van der Waals surface area contributed by atoms with E-state index >= 15 is 0 Å². The first kappa shape index (κ1) is 12.9. The molecule has 0 aromatic rings. The van der Waals surface area contributed by atoms with Crippen molar-refractivity contribution in [2.24, 2.45) is 0 Å². The molecule has 0 saturated heterocycles. The lowest BCUT2D eigenvalue weighted by Crippen LogP contribution is -2.41. The maximum absolute atomic E-state index is 9.19. The van der Waals surface area contributed by atoms with Crippen molar-refractivity contribution in [3.05, 3.63) is 0 Å². The van der Waals surface area contributed by atoms with Gasteiger partial charge in [0.25, 0.3) is 0 Å². The van der Waals surface area contributed by atoms with E-state index in [1.54, 1.807) is 0 Å². The second-order valence-electron chi connectivity index (χ2n) is 4.69. The molecule has 1 fully saturated rings. The zero-order valence-electron chi connectivity index (χ0n) is 10.2. The van der Waals surface area contributed by atoms with Crippen LogP contribution in [0, 0.1) is 0 Å². The molecule has 0 radical (unpaired) electrons. The summed E-state index contributed by atoms with van der Waals surface area (Å²) in [7, 11) is 2.21. The molecule has 0 aromatic carbocycles. The quantitative estimate of drug-likeness (QED) is 0.638. The molecular formula is C12H26N2O. The van der Waals surface area contributed by atoms with Crippen molar-refractivity contribution >= 4 is 0 Å². The van der Waals surface area contributed by atoms with Crippen LogP contribution in [0.1, 0.15) is 39.0 Å². The summed E-state index contributed by atoms with van der Waals surface area (Å²) in [6.45, 7) is 4.53. The van der Waals surface area contributed by atoms with Gasteiger partial charge in [-0.1, -0.05) is 13.3 Å². The zero-order valence-corrected chi connectivity index (χ0v) is 10.2. The van der Waals surface area contributed by atoms with Gasteiger partial charge in [-0.15, -0.1) is 0 Å². The SMILES string of the molecule is CCCNC(CO)CCN(C)C1CCC1. The van der Waals surface area contributed by atoms with Crippen molar-refractivity contribution in [2.75, 3.05) is 26.7 Å². The van der Waals surface area contributed by atoms with E-state index in [9.17, 15) is 5.11 Å². The molecule has 90 valence electrons. The summed E-state index contributed by atoms with van der Waals surface area (Å²) < 4.78 is 0. The van der Waals surface area contributed by atoms with Crippen LogP contribution in [0.5, 0.6) is 0 Å². The van der Waals surface area contributed by atoms with Gasteiger partial charge >= 0.3 is 0 Å². The highest BCUT2D eigenvalue weighted by Gasteiger charge is 2.22. The van der Waals surface area contributed by atoms with Crippen molar-refractivity contribution in [3.63, 3.8) is 0 Å². The van der Waals surface area contributed by atoms with Crippen molar-refractivity contribution in [3.8, 4) is 0 Å². The van der Waals surface area contributed by atoms with Gasteiger partial charge in [0.2, 0.25) is 0 Å². The van der Waals surface area contributed by atoms with Crippen molar-refractivity contribution in [2.45, 2.75) is 51.1 Å². The van der Waals surface area contributed by atoms with Crippen LogP contribution >= 0.6 is 0 Å². The van der Waals surface area contributed by atoms with E-state index in [4.69, 9.17) is 0 Å². The van der Waals surface area contributed by atoms with Gasteiger partial charge < -0.3 is 15.3 Å². The van der Waals surface area contributed by atoms with Gasteiger partial charge in [0.05, 0.1) is 6.61 Å². The average Bonchev–Trinajstić information content (AvgIpc) is 2.15. The first-order valence-corrected chi connectivity index (χ1v) is 6.32. The Kier molecular flexibility index (Phi) is 6.22. The Balaban J connectivity index is 2.09. The van der Waals surface area contributed by atoms with Gasteiger partial charge in [-0.05, 0) is 45.8 Å². The van der Waals surface area contributed by atoms with Crippen LogP contribution in [-0.4, -0.2) is 48.8 Å². The van der Waals surface area contributed by atoms with E-state index in [0.29, 0.717) is 0 Å². The standard InChI is InChI=1S/C12H26N2O/c1-3-8-13-11(10-15)7-9-14(2)12-5-4-6-12/h11-13,15H,3-10H2,1-2H3. The van der Waals surface area contributed by atoms with E-state index < -0.39 is 0 Å². The van der Waals surface area contributed by atoms with Gasteiger partial charge in [0.15, 0.2) is 0 Å². The minimum Gasteiger partial charge on any atom is -0.395 e. The van der Waals surface area contributed by atoms with Crippen molar-refractivity contribution < 1.29 is 5.11 Å². The number of hydrogen-bond donors (Lipinski definition) is 2. The molecule has 2 N–H and O–H groups in total. The average molecular weight is 214 g/mol. The lowest BCUT2D eigenvalue weighted by Gasteiger charge is -2.35. The second kappa shape index (κ2) is 7.20. The summed E-state index contributed by atoms with van der Waals surface area (Å²) in [4.78, 5) is 2.44. The molecule has 15 heavy (non-hydrogen) atoms. The normalized spacial score (nSPS) is 19.2. The molecule has 0 spiro atoms. The molecule has 1 aliphatic carbocycles. The molecule has 1 unspecified atom stereocenters. The Morgan fingerprint density at radius 1 is 1.47 bits per heavy atom. The third-order valence-electron chi connectivity index (χ3n) is 3.43. The molecule has 0 amide bonds. The van der Waals surface area contributed by atoms with Gasteiger partial charge in [0.1, 0.15) is 0 Å². The lowest BCUT2D eigenvalue weighted by molar-refractivity contribution is 0.144. The van der Waals surface area contributed by atoms with Crippen LogP contribution in [0.4, 0.5) is 0 Å². The molecule has 1 aliphatic rings. The van der Waals surface area contributed by atoms with Crippen LogP contribution in [-0.2, 0) is 0 Å². The molecule has 3 heteroatoms. The van der Waals surface area contributed by atoms with Gasteiger partial charge in [0, 0.05) is 12.1 Å². The third-order valence-corrected chi connectivity index (χ3v) is 3.43. The first-order chi connectivity index (χ1) is 7.27. The Morgan fingerprint density at radius 2 is 2.20 bits per heavy atom. The number of rotatable bonds is 8. The maximum Gasteiger partial charge on any atom is 0.0585 e. The number of nitrogens with one attached hydrogen (secondary N) is 1. The summed E-state index contributed by atoms with van der Waals surface area (Å²) >= 11 is 0. The second-order valence-corrected chi connectivity index (χ2v) is 4.69. The van der Waals surface area contributed by atoms with E-state index in [0.717, 1.165) is 32.0 Å². The Hall–Kier alpha value is -0.120. The third kappa shape index (κ3) is 4.49. The van der Waals surface area contributed by atoms with Crippen LogP contribution in [0.25, 0.3) is 0 Å². The zero-order chi connectivity index (χ0) is 11.1. The van der Waals surface area contributed by atoms with Crippen LogP contribution in [0.2, 0.25) is 0 Å². The number of hydrogen-bond acceptors (Lipinski definition) is 3. The molecule has 3 nitrogen and oxygen atoms in total. The number of aliphatic hydroxyl groups excluding tert-OH is 1. The highest BCUT2D eigenvalue weighted by Crippen LogP contribution is 2.23. The van der Waals surface area contributed by atoms with Crippen LogP contribution in [0.15, 0.2) is 0 Å². The molecule has 1 saturated carbocycles. The number of nitrogens with zero attached hydrogens (tertiary/aromatic N) is 1. The predicted molar refractivity (Wildman–Crippen MR) is 64.1 cm³/mol. The smallest absolute Gasteiger partial charge is 0.0585 e. The molecule has 0 aliphatic heterocycles. The van der Waals surface area contributed by atoms with Crippen LogP contribution < -0.4 is 5.32 Å². The molecule has 0 aromatic heterocycles. The minimum absolute atomic E-state index is 0.262. The molecule has 1 rings (SSSR count). The van der Waals surface area contributed by atoms with Crippen molar-refractivity contribution in [1.82, 2.24) is 10.2 Å². The van der Waals surface area contributed by atoms with Crippen LogP contribution in [0.3, 0.4) is 0 Å². The van der Waals surface area contributed by atoms with E-state index in [1.165, 1.54) is 19.3 Å². The fraction of sp³-hybridized carbons (Fsp3) is 1.00. The van der Waals surface area contributed by atoms with Gasteiger partial charge in [-0.25, -0.2) is 0 Å². The lowest BCUT2D eigenvalue weighted by atomic mass is 9.91. The highest BCUT2D eigenvalue weighted by molar-refractivity contribution is 4.79. The van der Waals surface area contributed by atoms with Gasteiger partial charge in [-0.2, -0.15) is 0 Å². The van der Waals surface area contributed by atoms with E-state index in [1.807, 2.05) is 0 Å². The molecular weight excluding hydrogens is 188 g/mol. The van der Waals surface area contributed by atoms with Gasteiger partial charge in [-0.3, -0.25) is 0 Å². The molecule has 0 heterocycles. The summed E-state index contributed by atoms with van der Waals surface area (Å²) in [5.41, 5.74) is 0. The minimum atomic E-state index is 0.262. The fourth-order valence-corrected chi connectivity index (χ4v) is 1.98. The summed E-state index contributed by atoms with van der Waals surface area (Å²) in [6, 6.07) is 1.10. The Morgan fingerprint density at radius 3 is 2.67 bits per heavy atom. The largest absolute Gasteiger partial charge is 0.395 e. The summed E-state index contributed by atoms with van der Waals surface area (Å²) in [5.74, 6) is 0. The summed E-state index contributed by atoms with van der Waals surface area (Å²) in [5, 5.41) is 12.6. The fourth-order valence-electron chi connectivity index (χ4n) is 1.98. The van der Waals surface area contributed by atoms with E-state index in [2.05, 4.69) is 24.2 Å². The van der Waals surface area contributed by atoms with E-state index in [-0.39, 0.29) is 12.6 Å².